The predicted molar refractivity (Wildman–Crippen MR) is 199 cm³/mol. The number of anilines is 2. The van der Waals surface area contributed by atoms with Gasteiger partial charge < -0.3 is 4.74 Å². The average Bonchev–Trinajstić information content (AvgIpc) is 3.67. The average molecular weight is 647 g/mol. The van der Waals surface area contributed by atoms with Gasteiger partial charge in [-0.3, -0.25) is 0 Å². The number of hydrogen-bond acceptors (Lipinski definition) is 6. The zero-order chi connectivity index (χ0) is 34.1. The molecule has 2 atom stereocenters. The van der Waals surface area contributed by atoms with E-state index >= 15 is 4.79 Å². The van der Waals surface area contributed by atoms with Gasteiger partial charge in [0, 0.05) is 18.4 Å². The number of carbonyl (C=O) groups is 1. The normalized spacial score (nSPS) is 20.3. The summed E-state index contributed by atoms with van der Waals surface area (Å²) >= 11 is 0. The molecule has 49 heavy (non-hydrogen) atoms. The number of hydrazone groups is 2. The summed E-state index contributed by atoms with van der Waals surface area (Å²) in [6.45, 7) is 8.73. The van der Waals surface area contributed by atoms with Crippen LogP contribution in [0.4, 0.5) is 11.4 Å². The molecule has 2 aliphatic rings. The van der Waals surface area contributed by atoms with Gasteiger partial charge in [0.05, 0.1) is 29.4 Å². The third kappa shape index (κ3) is 5.51. The van der Waals surface area contributed by atoms with Crippen molar-refractivity contribution in [2.24, 2.45) is 10.2 Å². The molecule has 0 radical (unpaired) electrons. The summed E-state index contributed by atoms with van der Waals surface area (Å²) in [4.78, 5) is 15.3. The van der Waals surface area contributed by atoms with Gasteiger partial charge in [-0.05, 0) is 53.3 Å². The Hall–Kier alpha value is -5.49. The second-order valence-corrected chi connectivity index (χ2v) is 13.8. The number of ether oxygens (including phenoxy) is 1. The lowest BCUT2D eigenvalue weighted by molar-refractivity contribution is -0.151. The van der Waals surface area contributed by atoms with Gasteiger partial charge in [0.15, 0.2) is 5.54 Å². The van der Waals surface area contributed by atoms with E-state index < -0.39 is 11.1 Å². The van der Waals surface area contributed by atoms with Crippen molar-refractivity contribution >= 4 is 28.8 Å². The van der Waals surface area contributed by atoms with Gasteiger partial charge in [0.25, 0.3) is 0 Å². The van der Waals surface area contributed by atoms with E-state index in [0.29, 0.717) is 12.8 Å². The molecule has 0 aliphatic carbocycles. The van der Waals surface area contributed by atoms with E-state index in [1.807, 2.05) is 96.9 Å². The fourth-order valence-corrected chi connectivity index (χ4v) is 7.30. The Kier molecular flexibility index (Phi) is 8.41. The molecular formula is C43H42N4O2. The Morgan fingerprint density at radius 2 is 1.18 bits per heavy atom. The highest BCUT2D eigenvalue weighted by molar-refractivity contribution is 6.22. The number of carbonyl (C=O) groups excluding carboxylic acids is 1. The molecule has 246 valence electrons. The topological polar surface area (TPSA) is 57.5 Å². The van der Waals surface area contributed by atoms with E-state index in [4.69, 9.17) is 14.9 Å². The molecular weight excluding hydrogens is 604 g/mol. The van der Waals surface area contributed by atoms with Crippen LogP contribution in [0, 0.1) is 0 Å². The molecule has 0 N–H and O–H groups in total. The largest absolute Gasteiger partial charge is 0.464 e. The van der Waals surface area contributed by atoms with Crippen LogP contribution in [0.2, 0.25) is 0 Å². The van der Waals surface area contributed by atoms with Crippen molar-refractivity contribution in [1.29, 1.82) is 0 Å². The summed E-state index contributed by atoms with van der Waals surface area (Å²) in [7, 11) is 0. The maximum Gasteiger partial charge on any atom is 0.337 e. The van der Waals surface area contributed by atoms with Crippen LogP contribution in [0.15, 0.2) is 156 Å². The first-order chi connectivity index (χ1) is 23.8. The standard InChI is InChI=1S/C43H42N4O2/c1-5-49-40(48)43(30-32-26-28-35(29-27-32)41(2,3)4)42(39(34-20-12-7-13-21-34)45-47(43)37-24-16-9-17-25-37)31-38(33-18-10-6-11-19-33)44-46(42)36-22-14-8-15-23-36/h6-29H,5,30-31H2,1-4H3/t42-,43-/m1/s1. The van der Waals surface area contributed by atoms with Gasteiger partial charge in [-0.2, -0.15) is 10.2 Å². The molecule has 5 aromatic carbocycles. The Balaban J connectivity index is 1.56. The van der Waals surface area contributed by atoms with Crippen LogP contribution in [0.5, 0.6) is 0 Å². The second-order valence-electron chi connectivity index (χ2n) is 13.8. The first-order valence-corrected chi connectivity index (χ1v) is 17.0. The van der Waals surface area contributed by atoms with E-state index in [-0.39, 0.29) is 18.0 Å². The fourth-order valence-electron chi connectivity index (χ4n) is 7.30. The third-order valence-electron chi connectivity index (χ3n) is 9.69. The van der Waals surface area contributed by atoms with Crippen LogP contribution in [-0.4, -0.2) is 35.1 Å². The number of hydrogen-bond donors (Lipinski definition) is 0. The molecule has 6 heteroatoms. The lowest BCUT2D eigenvalue weighted by Gasteiger charge is -2.49. The minimum Gasteiger partial charge on any atom is -0.464 e. The summed E-state index contributed by atoms with van der Waals surface area (Å²) < 4.78 is 6.20. The molecule has 6 nitrogen and oxygen atoms in total. The highest BCUT2D eigenvalue weighted by atomic mass is 16.5. The van der Waals surface area contributed by atoms with Crippen molar-refractivity contribution in [2.75, 3.05) is 16.6 Å². The van der Waals surface area contributed by atoms with Gasteiger partial charge >= 0.3 is 5.97 Å². The Bertz CT molecular complexity index is 1970. The minimum atomic E-state index is -1.38. The van der Waals surface area contributed by atoms with E-state index in [1.165, 1.54) is 5.56 Å². The molecule has 1 spiro atoms. The summed E-state index contributed by atoms with van der Waals surface area (Å²) in [6.07, 6.45) is 0.744. The van der Waals surface area contributed by atoms with E-state index in [1.54, 1.807) is 0 Å². The van der Waals surface area contributed by atoms with E-state index in [2.05, 4.69) is 86.4 Å². The van der Waals surface area contributed by atoms with Crippen molar-refractivity contribution < 1.29 is 9.53 Å². The second kappa shape index (κ2) is 12.8. The maximum atomic E-state index is 15.3. The van der Waals surface area contributed by atoms with Crippen molar-refractivity contribution in [3.05, 3.63) is 168 Å². The molecule has 0 aromatic heterocycles. The maximum absolute atomic E-state index is 15.3. The van der Waals surface area contributed by atoms with Crippen LogP contribution in [0.3, 0.4) is 0 Å². The monoisotopic (exact) mass is 646 g/mol. The molecule has 2 aliphatic heterocycles. The Morgan fingerprint density at radius 3 is 1.71 bits per heavy atom. The predicted octanol–water partition coefficient (Wildman–Crippen LogP) is 8.81. The van der Waals surface area contributed by atoms with Gasteiger partial charge in [-0.25, -0.2) is 14.8 Å². The SMILES string of the molecule is CCOC(=O)[C@@]1(Cc2ccc(C(C)(C)C)cc2)N(c2ccccc2)N=C(c2ccccc2)[C@]12CC(c1ccccc1)=NN2c1ccccc1. The number of nitrogens with zero attached hydrogens (tertiary/aromatic N) is 4. The quantitative estimate of drug-likeness (QED) is 0.158. The highest BCUT2D eigenvalue weighted by Gasteiger charge is 2.73. The fraction of sp³-hybridized carbons (Fsp3) is 0.233. The third-order valence-corrected chi connectivity index (χ3v) is 9.69. The van der Waals surface area contributed by atoms with Crippen LogP contribution < -0.4 is 10.0 Å². The van der Waals surface area contributed by atoms with E-state index in [9.17, 15) is 0 Å². The molecule has 0 fully saturated rings. The van der Waals surface area contributed by atoms with Crippen LogP contribution in [0.1, 0.15) is 56.4 Å². The summed E-state index contributed by atoms with van der Waals surface area (Å²) in [6, 6.07) is 49.2. The summed E-state index contributed by atoms with van der Waals surface area (Å²) in [5.74, 6) is -0.348. The van der Waals surface area contributed by atoms with Crippen molar-refractivity contribution in [3.63, 3.8) is 0 Å². The zero-order valence-electron chi connectivity index (χ0n) is 28.6. The number of para-hydroxylation sites is 2. The van der Waals surface area contributed by atoms with Gasteiger partial charge in [-0.15, -0.1) is 0 Å². The molecule has 2 heterocycles. The first kappa shape index (κ1) is 32.1. The summed E-state index contributed by atoms with van der Waals surface area (Å²) in [5, 5.41) is 14.9. The van der Waals surface area contributed by atoms with E-state index in [0.717, 1.165) is 39.5 Å². The zero-order valence-corrected chi connectivity index (χ0v) is 28.6. The molecule has 0 bridgehead atoms. The number of rotatable bonds is 8. The molecule has 0 amide bonds. The van der Waals surface area contributed by atoms with Crippen molar-refractivity contribution in [1.82, 2.24) is 0 Å². The minimum absolute atomic E-state index is 0.0143. The molecule has 0 saturated heterocycles. The molecule has 0 saturated carbocycles. The number of benzene rings is 5. The van der Waals surface area contributed by atoms with Crippen LogP contribution in [0.25, 0.3) is 0 Å². The molecule has 5 aromatic rings. The summed E-state index contributed by atoms with van der Waals surface area (Å²) in [5.41, 5.74) is 4.94. The van der Waals surface area contributed by atoms with Crippen molar-refractivity contribution in [2.45, 2.75) is 57.0 Å². The van der Waals surface area contributed by atoms with Gasteiger partial charge in [-0.1, -0.05) is 142 Å². The number of esters is 1. The highest BCUT2D eigenvalue weighted by Crippen LogP contribution is 2.54. The lowest BCUT2D eigenvalue weighted by Crippen LogP contribution is -2.73. The smallest absolute Gasteiger partial charge is 0.337 e. The van der Waals surface area contributed by atoms with Crippen LogP contribution in [-0.2, 0) is 21.4 Å². The Morgan fingerprint density at radius 1 is 0.673 bits per heavy atom. The van der Waals surface area contributed by atoms with Crippen LogP contribution >= 0.6 is 0 Å². The first-order valence-electron chi connectivity index (χ1n) is 17.0. The van der Waals surface area contributed by atoms with Gasteiger partial charge in [0.1, 0.15) is 5.54 Å². The molecule has 7 rings (SSSR count). The molecule has 0 unspecified atom stereocenters. The lowest BCUT2D eigenvalue weighted by atomic mass is 9.66. The Labute approximate surface area is 289 Å². The van der Waals surface area contributed by atoms with Crippen molar-refractivity contribution in [3.8, 4) is 0 Å². The van der Waals surface area contributed by atoms with Gasteiger partial charge in [0.2, 0.25) is 0 Å².